The van der Waals surface area contributed by atoms with Crippen molar-refractivity contribution in [3.63, 3.8) is 0 Å². The van der Waals surface area contributed by atoms with Crippen LogP contribution in [0.25, 0.3) is 0 Å². The van der Waals surface area contributed by atoms with E-state index in [0.29, 0.717) is 18.3 Å². The molecule has 2 rings (SSSR count). The van der Waals surface area contributed by atoms with Gasteiger partial charge in [-0.05, 0) is 19.8 Å². The minimum atomic E-state index is -0.238. The summed E-state index contributed by atoms with van der Waals surface area (Å²) in [6.07, 6.45) is 4.27. The Labute approximate surface area is 94.0 Å². The fourth-order valence-corrected chi connectivity index (χ4v) is 2.07. The summed E-state index contributed by atoms with van der Waals surface area (Å²) in [7, 11) is 0. The summed E-state index contributed by atoms with van der Waals surface area (Å²) in [5, 5.41) is 0. The van der Waals surface area contributed by atoms with Gasteiger partial charge in [0, 0.05) is 0 Å². The van der Waals surface area contributed by atoms with Gasteiger partial charge in [0.05, 0.1) is 11.6 Å². The number of hydrogen-bond acceptors (Lipinski definition) is 4. The van der Waals surface area contributed by atoms with E-state index in [9.17, 15) is 4.79 Å². The third-order valence-electron chi connectivity index (χ3n) is 2.94. The molecule has 0 bridgehead atoms. The van der Waals surface area contributed by atoms with Gasteiger partial charge >= 0.3 is 0 Å². The number of H-pyrrole nitrogens is 1. The zero-order valence-corrected chi connectivity index (χ0v) is 9.45. The fraction of sp³-hybridized carbons (Fsp3) is 0.636. The predicted octanol–water partition coefficient (Wildman–Crippen LogP) is 0.729. The van der Waals surface area contributed by atoms with Gasteiger partial charge < -0.3 is 15.5 Å². The van der Waals surface area contributed by atoms with Crippen molar-refractivity contribution in [3.8, 4) is 5.88 Å². The van der Waals surface area contributed by atoms with Crippen molar-refractivity contribution in [2.75, 3.05) is 6.61 Å². The quantitative estimate of drug-likeness (QED) is 0.791. The van der Waals surface area contributed by atoms with Gasteiger partial charge in [-0.3, -0.25) is 4.79 Å². The molecular weight excluding hydrogens is 206 g/mol. The summed E-state index contributed by atoms with van der Waals surface area (Å²) in [4.78, 5) is 17.8. The molecule has 3 N–H and O–H groups in total. The lowest BCUT2D eigenvalue weighted by Gasteiger charge is -2.22. The highest BCUT2D eigenvalue weighted by atomic mass is 16.5. The van der Waals surface area contributed by atoms with Crippen LogP contribution in [0.15, 0.2) is 10.9 Å². The topological polar surface area (TPSA) is 81.0 Å². The average molecular weight is 223 g/mol. The summed E-state index contributed by atoms with van der Waals surface area (Å²) in [6.45, 7) is 2.16. The minimum Gasteiger partial charge on any atom is -0.476 e. The molecule has 0 aromatic carbocycles. The normalized spacial score (nSPS) is 18.6. The Bertz CT molecular complexity index is 421. The number of aromatic nitrogens is 2. The Morgan fingerprint density at radius 3 is 2.88 bits per heavy atom. The minimum absolute atomic E-state index is 0.194. The highest BCUT2D eigenvalue weighted by Gasteiger charge is 2.30. The molecule has 1 fully saturated rings. The largest absolute Gasteiger partial charge is 0.476 e. The van der Waals surface area contributed by atoms with Crippen LogP contribution in [0.5, 0.6) is 5.88 Å². The van der Waals surface area contributed by atoms with Gasteiger partial charge in [0.25, 0.3) is 5.56 Å². The number of nitrogens with two attached hydrogens (primary N) is 1. The van der Waals surface area contributed by atoms with Gasteiger partial charge in [0.15, 0.2) is 0 Å². The van der Waals surface area contributed by atoms with Crippen LogP contribution in [0, 0.1) is 6.92 Å². The fourth-order valence-electron chi connectivity index (χ4n) is 2.07. The highest BCUT2D eigenvalue weighted by Crippen LogP contribution is 2.27. The van der Waals surface area contributed by atoms with Crippen molar-refractivity contribution in [3.05, 3.63) is 22.2 Å². The Hall–Kier alpha value is -1.36. The van der Waals surface area contributed by atoms with Crippen LogP contribution in [0.4, 0.5) is 0 Å². The maximum Gasteiger partial charge on any atom is 0.254 e. The monoisotopic (exact) mass is 223 g/mol. The van der Waals surface area contributed by atoms with E-state index in [1.165, 1.54) is 6.07 Å². The first kappa shape index (κ1) is 11.1. The maximum atomic E-state index is 11.2. The van der Waals surface area contributed by atoms with Crippen LogP contribution in [-0.2, 0) is 0 Å². The van der Waals surface area contributed by atoms with Crippen LogP contribution in [0.1, 0.15) is 31.5 Å². The third-order valence-corrected chi connectivity index (χ3v) is 2.94. The summed E-state index contributed by atoms with van der Waals surface area (Å²) in [6, 6.07) is 1.35. The first-order chi connectivity index (χ1) is 7.57. The second-order valence-corrected chi connectivity index (χ2v) is 4.53. The number of nitrogens with zero attached hydrogens (tertiary/aromatic N) is 1. The van der Waals surface area contributed by atoms with Gasteiger partial charge in [-0.1, -0.05) is 12.8 Å². The lowest BCUT2D eigenvalue weighted by Crippen LogP contribution is -2.42. The molecule has 0 aliphatic heterocycles. The number of aryl methyl sites for hydroxylation is 1. The molecule has 0 spiro atoms. The summed E-state index contributed by atoms with van der Waals surface area (Å²) < 4.78 is 5.50. The van der Waals surface area contributed by atoms with Crippen molar-refractivity contribution >= 4 is 0 Å². The third kappa shape index (κ3) is 2.61. The molecule has 0 amide bonds. The van der Waals surface area contributed by atoms with Crippen molar-refractivity contribution in [2.24, 2.45) is 5.73 Å². The molecule has 1 aliphatic rings. The molecule has 0 saturated heterocycles. The van der Waals surface area contributed by atoms with E-state index in [-0.39, 0.29) is 11.1 Å². The van der Waals surface area contributed by atoms with Crippen LogP contribution in [0.2, 0.25) is 0 Å². The number of rotatable bonds is 3. The zero-order valence-electron chi connectivity index (χ0n) is 9.45. The van der Waals surface area contributed by atoms with Crippen molar-refractivity contribution in [1.29, 1.82) is 0 Å². The highest BCUT2D eigenvalue weighted by molar-refractivity contribution is 5.09. The maximum absolute atomic E-state index is 11.2. The lowest BCUT2D eigenvalue weighted by atomic mass is 10.0. The molecule has 5 heteroatoms. The first-order valence-electron chi connectivity index (χ1n) is 5.57. The molecule has 1 saturated carbocycles. The molecule has 5 nitrogen and oxygen atoms in total. The van der Waals surface area contributed by atoms with E-state index in [1.54, 1.807) is 6.92 Å². The predicted molar refractivity (Wildman–Crippen MR) is 60.5 cm³/mol. The second kappa shape index (κ2) is 4.25. The second-order valence-electron chi connectivity index (χ2n) is 4.53. The summed E-state index contributed by atoms with van der Waals surface area (Å²) in [5.74, 6) is 0.915. The summed E-state index contributed by atoms with van der Waals surface area (Å²) >= 11 is 0. The van der Waals surface area contributed by atoms with Gasteiger partial charge in [-0.15, -0.1) is 0 Å². The molecular formula is C11H17N3O2. The smallest absolute Gasteiger partial charge is 0.254 e. The molecule has 0 atom stereocenters. The van der Waals surface area contributed by atoms with E-state index < -0.39 is 0 Å². The molecule has 0 radical (unpaired) electrons. The van der Waals surface area contributed by atoms with Crippen molar-refractivity contribution in [2.45, 2.75) is 38.1 Å². The molecule has 16 heavy (non-hydrogen) atoms. The zero-order chi connectivity index (χ0) is 11.6. The standard InChI is InChI=1S/C11H17N3O2/c1-8-13-9(15)6-10(14-8)16-7-11(12)4-2-3-5-11/h6H,2-5,7,12H2,1H3,(H,13,14,15). The van der Waals surface area contributed by atoms with Crippen molar-refractivity contribution in [1.82, 2.24) is 9.97 Å². The van der Waals surface area contributed by atoms with Gasteiger partial charge in [0.1, 0.15) is 12.4 Å². The Balaban J connectivity index is 2.01. The first-order valence-corrected chi connectivity index (χ1v) is 5.57. The molecule has 0 unspecified atom stereocenters. The number of nitrogens with one attached hydrogen (secondary N) is 1. The van der Waals surface area contributed by atoms with E-state index in [2.05, 4.69) is 9.97 Å². The Kier molecular flexibility index (Phi) is 2.96. The number of ether oxygens (including phenoxy) is 1. The molecule has 1 aromatic heterocycles. The lowest BCUT2D eigenvalue weighted by molar-refractivity contribution is 0.212. The SMILES string of the molecule is Cc1nc(OCC2(N)CCCC2)cc(=O)[nH]1. The van der Waals surface area contributed by atoms with Crippen LogP contribution in [0.3, 0.4) is 0 Å². The van der Waals surface area contributed by atoms with Crippen LogP contribution >= 0.6 is 0 Å². The van der Waals surface area contributed by atoms with Gasteiger partial charge in [0.2, 0.25) is 5.88 Å². The number of hydrogen-bond donors (Lipinski definition) is 2. The molecule has 1 aromatic rings. The van der Waals surface area contributed by atoms with E-state index in [1.807, 2.05) is 0 Å². The molecule has 88 valence electrons. The van der Waals surface area contributed by atoms with Crippen LogP contribution < -0.4 is 16.0 Å². The van der Waals surface area contributed by atoms with Crippen LogP contribution in [-0.4, -0.2) is 22.1 Å². The van der Waals surface area contributed by atoms with E-state index in [0.717, 1.165) is 25.7 Å². The van der Waals surface area contributed by atoms with Gasteiger partial charge in [-0.2, -0.15) is 0 Å². The van der Waals surface area contributed by atoms with E-state index >= 15 is 0 Å². The Morgan fingerprint density at radius 2 is 2.25 bits per heavy atom. The molecule has 1 heterocycles. The summed E-state index contributed by atoms with van der Waals surface area (Å²) in [5.41, 5.74) is 5.71. The Morgan fingerprint density at radius 1 is 1.56 bits per heavy atom. The molecule has 1 aliphatic carbocycles. The van der Waals surface area contributed by atoms with Crippen molar-refractivity contribution < 1.29 is 4.74 Å². The average Bonchev–Trinajstić information content (AvgIpc) is 2.62. The van der Waals surface area contributed by atoms with Gasteiger partial charge in [-0.25, -0.2) is 4.98 Å². The number of aromatic amines is 1. The van der Waals surface area contributed by atoms with E-state index in [4.69, 9.17) is 10.5 Å².